The van der Waals surface area contributed by atoms with E-state index in [4.69, 9.17) is 0 Å². The maximum Gasteiger partial charge on any atom is 0.294 e. The minimum absolute atomic E-state index is 0.0703. The van der Waals surface area contributed by atoms with Gasteiger partial charge in [-0.25, -0.2) is 0 Å². The molecule has 0 radical (unpaired) electrons. The van der Waals surface area contributed by atoms with Gasteiger partial charge in [0.1, 0.15) is 6.20 Å². The lowest BCUT2D eigenvalue weighted by atomic mass is 9.90. The summed E-state index contributed by atoms with van der Waals surface area (Å²) in [5.41, 5.74) is 1.62. The third-order valence-electron chi connectivity index (χ3n) is 2.69. The molecule has 0 bridgehead atoms. The van der Waals surface area contributed by atoms with Crippen LogP contribution in [0, 0.1) is 10.1 Å². The van der Waals surface area contributed by atoms with Crippen molar-refractivity contribution in [3.05, 3.63) is 52.4 Å². The highest BCUT2D eigenvalue weighted by molar-refractivity contribution is 6.09. The monoisotopic (exact) mass is 230 g/mol. The predicted octanol–water partition coefficient (Wildman–Crippen LogP) is 2.29. The van der Waals surface area contributed by atoms with Gasteiger partial charge >= 0.3 is 0 Å². The van der Waals surface area contributed by atoms with Crippen molar-refractivity contribution in [2.75, 3.05) is 0 Å². The Morgan fingerprint density at radius 1 is 1.41 bits per heavy atom. The maximum atomic E-state index is 11.5. The van der Waals surface area contributed by atoms with Gasteiger partial charge in [-0.05, 0) is 36.1 Å². The lowest BCUT2D eigenvalue weighted by molar-refractivity contribution is -0.385. The summed E-state index contributed by atoms with van der Waals surface area (Å²) in [7, 11) is 0. The van der Waals surface area contributed by atoms with Crippen molar-refractivity contribution >= 4 is 17.0 Å². The van der Waals surface area contributed by atoms with E-state index in [2.05, 4.69) is 11.6 Å². The molecule has 1 aliphatic rings. The molecule has 86 valence electrons. The standard InChI is InChI=1S/C12H10N2O3/c1-8-2-3-9(6-12(8)15)10-4-5-13-7-11(10)14(16)17/h4-7H,1-3H2. The van der Waals surface area contributed by atoms with Crippen molar-refractivity contribution < 1.29 is 9.72 Å². The van der Waals surface area contributed by atoms with Crippen LogP contribution in [0.5, 0.6) is 0 Å². The summed E-state index contributed by atoms with van der Waals surface area (Å²) in [4.78, 5) is 25.6. The van der Waals surface area contributed by atoms with E-state index in [1.807, 2.05) is 0 Å². The Bertz CT molecular complexity index is 546. The number of aromatic nitrogens is 1. The molecule has 0 saturated heterocycles. The number of rotatable bonds is 2. The van der Waals surface area contributed by atoms with Crippen LogP contribution in [0.15, 0.2) is 36.7 Å². The van der Waals surface area contributed by atoms with Crippen LogP contribution in [-0.4, -0.2) is 15.7 Å². The van der Waals surface area contributed by atoms with Crippen molar-refractivity contribution in [3.63, 3.8) is 0 Å². The number of pyridine rings is 1. The van der Waals surface area contributed by atoms with Gasteiger partial charge in [0.05, 0.1) is 10.5 Å². The highest BCUT2D eigenvalue weighted by Crippen LogP contribution is 2.32. The molecule has 0 aliphatic heterocycles. The van der Waals surface area contributed by atoms with Gasteiger partial charge in [0, 0.05) is 6.20 Å². The third kappa shape index (κ3) is 2.13. The summed E-state index contributed by atoms with van der Waals surface area (Å²) in [5.74, 6) is -0.155. The first kappa shape index (κ1) is 11.2. The minimum atomic E-state index is -0.489. The molecule has 0 unspecified atom stereocenters. The summed E-state index contributed by atoms with van der Waals surface area (Å²) >= 11 is 0. The Balaban J connectivity index is 2.48. The number of nitro groups is 1. The molecule has 5 heteroatoms. The molecule has 5 nitrogen and oxygen atoms in total. The maximum absolute atomic E-state index is 11.5. The molecule has 0 amide bonds. The summed E-state index contributed by atoms with van der Waals surface area (Å²) in [5, 5.41) is 10.8. The highest BCUT2D eigenvalue weighted by atomic mass is 16.6. The van der Waals surface area contributed by atoms with Crippen LogP contribution in [0.1, 0.15) is 18.4 Å². The van der Waals surface area contributed by atoms with Crippen LogP contribution in [0.25, 0.3) is 5.57 Å². The van der Waals surface area contributed by atoms with Gasteiger partial charge in [0.15, 0.2) is 5.78 Å². The smallest absolute Gasteiger partial charge is 0.290 e. The van der Waals surface area contributed by atoms with E-state index in [1.165, 1.54) is 18.5 Å². The van der Waals surface area contributed by atoms with Crippen LogP contribution in [0.3, 0.4) is 0 Å². The molecule has 0 atom stereocenters. The quantitative estimate of drug-likeness (QED) is 0.444. The van der Waals surface area contributed by atoms with Gasteiger partial charge in [-0.1, -0.05) is 6.58 Å². The van der Waals surface area contributed by atoms with Gasteiger partial charge in [0.25, 0.3) is 5.69 Å². The Hall–Kier alpha value is -2.30. The van der Waals surface area contributed by atoms with Gasteiger partial charge in [-0.3, -0.25) is 19.9 Å². The zero-order valence-corrected chi connectivity index (χ0v) is 9.05. The molecule has 1 aromatic rings. The van der Waals surface area contributed by atoms with Gasteiger partial charge in [0.2, 0.25) is 0 Å². The van der Waals surface area contributed by atoms with Crippen LogP contribution in [-0.2, 0) is 4.79 Å². The zero-order chi connectivity index (χ0) is 12.4. The molecule has 1 aliphatic carbocycles. The minimum Gasteiger partial charge on any atom is -0.290 e. The summed E-state index contributed by atoms with van der Waals surface area (Å²) in [6, 6.07) is 1.56. The first-order chi connectivity index (χ1) is 8.09. The van der Waals surface area contributed by atoms with Crippen molar-refractivity contribution in [1.82, 2.24) is 4.98 Å². The Morgan fingerprint density at radius 3 is 2.82 bits per heavy atom. The fourth-order valence-electron chi connectivity index (χ4n) is 1.76. The van der Waals surface area contributed by atoms with Gasteiger partial charge in [-0.2, -0.15) is 0 Å². The first-order valence-electron chi connectivity index (χ1n) is 5.11. The molecule has 0 saturated carbocycles. The van der Waals surface area contributed by atoms with E-state index in [-0.39, 0.29) is 11.5 Å². The Labute approximate surface area is 97.6 Å². The number of ketones is 1. The topological polar surface area (TPSA) is 73.1 Å². The summed E-state index contributed by atoms with van der Waals surface area (Å²) in [6.07, 6.45) is 5.24. The Morgan fingerprint density at radius 2 is 2.18 bits per heavy atom. The normalized spacial score (nSPS) is 15.6. The van der Waals surface area contributed by atoms with E-state index in [1.54, 1.807) is 6.07 Å². The third-order valence-corrected chi connectivity index (χ3v) is 2.69. The number of allylic oxidation sites excluding steroid dienone is 3. The molecule has 2 rings (SSSR count). The fraction of sp³-hybridized carbons (Fsp3) is 0.167. The SMILES string of the molecule is C=C1CCC(c2ccncc2[N+](=O)[O-])=CC1=O. The molecular formula is C12H10N2O3. The van der Waals surface area contributed by atoms with Crippen molar-refractivity contribution in [2.45, 2.75) is 12.8 Å². The van der Waals surface area contributed by atoms with Crippen molar-refractivity contribution in [2.24, 2.45) is 0 Å². The fourth-order valence-corrected chi connectivity index (χ4v) is 1.76. The molecule has 0 aromatic carbocycles. The van der Waals surface area contributed by atoms with E-state index >= 15 is 0 Å². The second-order valence-corrected chi connectivity index (χ2v) is 3.79. The number of hydrogen-bond acceptors (Lipinski definition) is 4. The second kappa shape index (κ2) is 4.29. The lowest BCUT2D eigenvalue weighted by Crippen LogP contribution is -2.06. The van der Waals surface area contributed by atoms with Gasteiger partial charge < -0.3 is 0 Å². The summed E-state index contributed by atoms with van der Waals surface area (Å²) in [6.45, 7) is 3.64. The number of hydrogen-bond donors (Lipinski definition) is 0. The predicted molar refractivity (Wildman–Crippen MR) is 62.2 cm³/mol. The number of nitrogens with zero attached hydrogens (tertiary/aromatic N) is 2. The van der Waals surface area contributed by atoms with Gasteiger partial charge in [-0.15, -0.1) is 0 Å². The largest absolute Gasteiger partial charge is 0.294 e. The molecule has 0 spiro atoms. The molecule has 0 fully saturated rings. The molecule has 1 aromatic heterocycles. The van der Waals surface area contributed by atoms with E-state index in [9.17, 15) is 14.9 Å². The lowest BCUT2D eigenvalue weighted by Gasteiger charge is -2.13. The molecular weight excluding hydrogens is 220 g/mol. The van der Waals surface area contributed by atoms with Crippen molar-refractivity contribution in [3.8, 4) is 0 Å². The van der Waals surface area contributed by atoms with E-state index in [0.29, 0.717) is 29.6 Å². The van der Waals surface area contributed by atoms with E-state index < -0.39 is 4.92 Å². The van der Waals surface area contributed by atoms with Crippen LogP contribution >= 0.6 is 0 Å². The van der Waals surface area contributed by atoms with Crippen LogP contribution in [0.2, 0.25) is 0 Å². The van der Waals surface area contributed by atoms with Crippen molar-refractivity contribution in [1.29, 1.82) is 0 Å². The Kier molecular flexibility index (Phi) is 2.82. The number of carbonyl (C=O) groups is 1. The molecule has 17 heavy (non-hydrogen) atoms. The highest BCUT2D eigenvalue weighted by Gasteiger charge is 2.21. The van der Waals surface area contributed by atoms with Crippen LogP contribution < -0.4 is 0 Å². The average Bonchev–Trinajstić information content (AvgIpc) is 2.32. The van der Waals surface area contributed by atoms with Crippen LogP contribution in [0.4, 0.5) is 5.69 Å². The number of carbonyl (C=O) groups excluding carboxylic acids is 1. The molecule has 0 N–H and O–H groups in total. The second-order valence-electron chi connectivity index (χ2n) is 3.79. The zero-order valence-electron chi connectivity index (χ0n) is 9.05. The van der Waals surface area contributed by atoms with E-state index in [0.717, 1.165) is 0 Å². The average molecular weight is 230 g/mol. The summed E-state index contributed by atoms with van der Waals surface area (Å²) < 4.78 is 0. The molecule has 1 heterocycles. The first-order valence-corrected chi connectivity index (χ1v) is 5.11.